The third kappa shape index (κ3) is 4.46. The molecule has 0 unspecified atom stereocenters. The van der Waals surface area contributed by atoms with Gasteiger partial charge in [-0.3, -0.25) is 0 Å². The minimum atomic E-state index is -0.104. The van der Waals surface area contributed by atoms with Gasteiger partial charge < -0.3 is 10.0 Å². The molecule has 1 aromatic rings. The van der Waals surface area contributed by atoms with Crippen LogP contribution in [0, 0.1) is 23.2 Å². The van der Waals surface area contributed by atoms with E-state index >= 15 is 0 Å². The van der Waals surface area contributed by atoms with Crippen molar-refractivity contribution >= 4 is 11.3 Å². The molecule has 1 heterocycles. The first-order chi connectivity index (χ1) is 7.76. The summed E-state index contributed by atoms with van der Waals surface area (Å²) in [7, 11) is 2.00. The zero-order chi connectivity index (χ0) is 11.8. The average molecular weight is 234 g/mol. The maximum absolute atomic E-state index is 8.57. The molecule has 84 valence electrons. The Kier molecular flexibility index (Phi) is 5.60. The van der Waals surface area contributed by atoms with Crippen LogP contribution in [0.15, 0.2) is 11.4 Å². The number of rotatable bonds is 4. The summed E-state index contributed by atoms with van der Waals surface area (Å²) < 4.78 is 0. The van der Waals surface area contributed by atoms with Gasteiger partial charge in [-0.2, -0.15) is 5.26 Å². The smallest absolute Gasteiger partial charge is 0.104 e. The Hall–Kier alpha value is -1.33. The van der Waals surface area contributed by atoms with Gasteiger partial charge >= 0.3 is 0 Å². The standard InChI is InChI=1S/C12H14N2OS/c1-14(6-3-5-13)9-12-8-11(10-16-12)4-2-7-15/h8,10,15H,3,6-7,9H2,1H3. The van der Waals surface area contributed by atoms with Crippen LogP contribution in [-0.2, 0) is 6.54 Å². The molecular weight excluding hydrogens is 220 g/mol. The largest absolute Gasteiger partial charge is 0.384 e. The number of nitrogens with zero attached hydrogens (tertiary/aromatic N) is 2. The van der Waals surface area contributed by atoms with Crippen molar-refractivity contribution in [3.05, 3.63) is 21.9 Å². The normalized spacial score (nSPS) is 9.62. The van der Waals surface area contributed by atoms with Crippen molar-refractivity contribution in [3.8, 4) is 17.9 Å². The lowest BCUT2D eigenvalue weighted by molar-refractivity contribution is 0.338. The Labute approximate surface area is 99.9 Å². The minimum absolute atomic E-state index is 0.104. The van der Waals surface area contributed by atoms with Gasteiger partial charge in [0.15, 0.2) is 0 Å². The summed E-state index contributed by atoms with van der Waals surface area (Å²) in [6, 6.07) is 4.15. The van der Waals surface area contributed by atoms with Gasteiger partial charge in [0.2, 0.25) is 0 Å². The Morgan fingerprint density at radius 3 is 3.06 bits per heavy atom. The molecule has 0 amide bonds. The van der Waals surface area contributed by atoms with Crippen LogP contribution in [0.3, 0.4) is 0 Å². The average Bonchev–Trinajstić information content (AvgIpc) is 2.71. The van der Waals surface area contributed by atoms with E-state index in [9.17, 15) is 0 Å². The quantitative estimate of drug-likeness (QED) is 0.802. The van der Waals surface area contributed by atoms with E-state index in [1.54, 1.807) is 11.3 Å². The van der Waals surface area contributed by atoms with Gasteiger partial charge in [0.25, 0.3) is 0 Å². The third-order valence-corrected chi connectivity index (χ3v) is 2.92. The summed E-state index contributed by atoms with van der Waals surface area (Å²) in [5, 5.41) is 19.0. The fourth-order valence-electron chi connectivity index (χ4n) is 1.26. The first kappa shape index (κ1) is 12.7. The summed E-state index contributed by atoms with van der Waals surface area (Å²) in [4.78, 5) is 3.33. The van der Waals surface area contributed by atoms with Crippen LogP contribution in [-0.4, -0.2) is 30.2 Å². The zero-order valence-electron chi connectivity index (χ0n) is 9.23. The first-order valence-electron chi connectivity index (χ1n) is 4.99. The van der Waals surface area contributed by atoms with Crippen LogP contribution in [0.5, 0.6) is 0 Å². The van der Waals surface area contributed by atoms with Gasteiger partial charge in [0, 0.05) is 35.3 Å². The Morgan fingerprint density at radius 2 is 2.38 bits per heavy atom. The highest BCUT2D eigenvalue weighted by molar-refractivity contribution is 7.10. The molecule has 0 aliphatic rings. The lowest BCUT2D eigenvalue weighted by Crippen LogP contribution is -2.17. The van der Waals surface area contributed by atoms with Crippen molar-refractivity contribution in [2.75, 3.05) is 20.2 Å². The van der Waals surface area contributed by atoms with Gasteiger partial charge in [0.05, 0.1) is 6.07 Å². The molecule has 0 aromatic carbocycles. The topological polar surface area (TPSA) is 47.3 Å². The molecule has 0 atom stereocenters. The van der Waals surface area contributed by atoms with Crippen LogP contribution in [0.2, 0.25) is 0 Å². The van der Waals surface area contributed by atoms with E-state index < -0.39 is 0 Å². The molecule has 4 heteroatoms. The molecule has 0 bridgehead atoms. The first-order valence-corrected chi connectivity index (χ1v) is 5.87. The number of aliphatic hydroxyl groups is 1. The summed E-state index contributed by atoms with van der Waals surface area (Å²) >= 11 is 1.65. The highest BCUT2D eigenvalue weighted by Crippen LogP contribution is 2.15. The monoisotopic (exact) mass is 234 g/mol. The number of hydrogen-bond acceptors (Lipinski definition) is 4. The van der Waals surface area contributed by atoms with Crippen molar-refractivity contribution in [2.45, 2.75) is 13.0 Å². The molecular formula is C12H14N2OS. The maximum Gasteiger partial charge on any atom is 0.104 e. The van der Waals surface area contributed by atoms with Crippen molar-refractivity contribution in [1.29, 1.82) is 5.26 Å². The predicted molar refractivity (Wildman–Crippen MR) is 64.8 cm³/mol. The van der Waals surface area contributed by atoms with Gasteiger partial charge in [-0.1, -0.05) is 11.8 Å². The highest BCUT2D eigenvalue weighted by atomic mass is 32.1. The fourth-order valence-corrected chi connectivity index (χ4v) is 2.15. The second-order valence-electron chi connectivity index (χ2n) is 3.41. The summed E-state index contributed by atoms with van der Waals surface area (Å²) in [6.07, 6.45) is 0.555. The molecule has 0 saturated carbocycles. The molecule has 1 N–H and O–H groups in total. The lowest BCUT2D eigenvalue weighted by atomic mass is 10.3. The van der Waals surface area contributed by atoms with Crippen molar-refractivity contribution in [2.24, 2.45) is 0 Å². The van der Waals surface area contributed by atoms with Gasteiger partial charge in [-0.25, -0.2) is 0 Å². The number of thiophene rings is 1. The minimum Gasteiger partial charge on any atom is -0.384 e. The van der Waals surface area contributed by atoms with Gasteiger partial charge in [-0.15, -0.1) is 11.3 Å². The zero-order valence-corrected chi connectivity index (χ0v) is 10.0. The molecule has 16 heavy (non-hydrogen) atoms. The van der Waals surface area contributed by atoms with Crippen LogP contribution in [0.4, 0.5) is 0 Å². The highest BCUT2D eigenvalue weighted by Gasteiger charge is 2.02. The number of hydrogen-bond donors (Lipinski definition) is 1. The summed E-state index contributed by atoms with van der Waals surface area (Å²) in [5.74, 6) is 5.49. The van der Waals surface area contributed by atoms with Crippen LogP contribution in [0.25, 0.3) is 0 Å². The Balaban J connectivity index is 2.49. The molecule has 0 radical (unpaired) electrons. The number of nitriles is 1. The van der Waals surface area contributed by atoms with Crippen LogP contribution in [0.1, 0.15) is 16.9 Å². The molecule has 0 saturated heterocycles. The van der Waals surface area contributed by atoms with E-state index in [4.69, 9.17) is 10.4 Å². The number of aliphatic hydroxyl groups excluding tert-OH is 1. The van der Waals surface area contributed by atoms with Crippen molar-refractivity contribution < 1.29 is 5.11 Å². The predicted octanol–water partition coefficient (Wildman–Crippen LogP) is 1.44. The van der Waals surface area contributed by atoms with Crippen molar-refractivity contribution in [1.82, 2.24) is 4.90 Å². The Bertz CT molecular complexity index is 422. The van der Waals surface area contributed by atoms with E-state index in [0.717, 1.165) is 18.7 Å². The van der Waals surface area contributed by atoms with Gasteiger partial charge in [-0.05, 0) is 13.1 Å². The second-order valence-corrected chi connectivity index (χ2v) is 4.40. The summed E-state index contributed by atoms with van der Waals surface area (Å²) in [5.41, 5.74) is 0.947. The summed E-state index contributed by atoms with van der Waals surface area (Å²) in [6.45, 7) is 1.52. The van der Waals surface area contributed by atoms with E-state index in [1.807, 2.05) is 18.5 Å². The molecule has 3 nitrogen and oxygen atoms in total. The molecule has 0 aliphatic heterocycles. The van der Waals surface area contributed by atoms with E-state index in [0.29, 0.717) is 6.42 Å². The lowest BCUT2D eigenvalue weighted by Gasteiger charge is -2.12. The van der Waals surface area contributed by atoms with E-state index in [2.05, 4.69) is 22.8 Å². The van der Waals surface area contributed by atoms with Crippen LogP contribution < -0.4 is 0 Å². The van der Waals surface area contributed by atoms with Gasteiger partial charge in [0.1, 0.15) is 6.61 Å². The third-order valence-electron chi connectivity index (χ3n) is 2.00. The fraction of sp³-hybridized carbons (Fsp3) is 0.417. The Morgan fingerprint density at radius 1 is 1.56 bits per heavy atom. The van der Waals surface area contributed by atoms with Crippen LogP contribution >= 0.6 is 11.3 Å². The second kappa shape index (κ2) is 7.03. The molecule has 0 spiro atoms. The molecule has 0 fully saturated rings. The SMILES string of the molecule is CN(CCC#N)Cc1cc(C#CCO)cs1. The molecule has 1 aromatic heterocycles. The molecule has 1 rings (SSSR count). The van der Waals surface area contributed by atoms with E-state index in [1.165, 1.54) is 4.88 Å². The molecule has 0 aliphatic carbocycles. The maximum atomic E-state index is 8.57. The van der Waals surface area contributed by atoms with Crippen molar-refractivity contribution in [3.63, 3.8) is 0 Å². The van der Waals surface area contributed by atoms with E-state index in [-0.39, 0.29) is 6.61 Å².